The van der Waals surface area contributed by atoms with Crippen LogP contribution in [0.2, 0.25) is 18.2 Å². The van der Waals surface area contributed by atoms with E-state index in [2.05, 4.69) is 13.5 Å². The summed E-state index contributed by atoms with van der Waals surface area (Å²) in [5.74, 6) is -13.0. The molecule has 0 bridgehead atoms. The fraction of sp³-hybridized carbons (Fsp3) is 0.222. The number of hydrogen-bond acceptors (Lipinski definition) is 5. The molecular formula is C36H33BClF6NO4S. The highest BCUT2D eigenvalue weighted by atomic mass is 35.5. The van der Waals surface area contributed by atoms with Crippen LogP contribution in [0.15, 0.2) is 71.8 Å². The first-order chi connectivity index (χ1) is 23.9. The van der Waals surface area contributed by atoms with E-state index >= 15 is 4.39 Å². The summed E-state index contributed by atoms with van der Waals surface area (Å²) in [6.07, 6.45) is 5.77. The van der Waals surface area contributed by atoms with Crippen LogP contribution in [0.3, 0.4) is 0 Å². The van der Waals surface area contributed by atoms with Crippen molar-refractivity contribution in [3.63, 3.8) is 0 Å². The molecule has 1 aliphatic heterocycles. The Balaban J connectivity index is 0.00000276. The molecule has 50 heavy (non-hydrogen) atoms. The minimum atomic E-state index is -2.70. The van der Waals surface area contributed by atoms with Gasteiger partial charge in [0.1, 0.15) is 17.3 Å². The van der Waals surface area contributed by atoms with Crippen molar-refractivity contribution >= 4 is 47.0 Å². The lowest BCUT2D eigenvalue weighted by Crippen LogP contribution is -2.22. The highest BCUT2D eigenvalue weighted by molar-refractivity contribution is 7.80. The number of benzene rings is 4. The number of hydrogen-bond donors (Lipinski definition) is 0. The van der Waals surface area contributed by atoms with Crippen LogP contribution in [0.25, 0.3) is 17.2 Å². The molecule has 0 saturated heterocycles. The predicted molar refractivity (Wildman–Crippen MR) is 187 cm³/mol. The van der Waals surface area contributed by atoms with Gasteiger partial charge >= 0.3 is 6.92 Å². The van der Waals surface area contributed by atoms with Crippen molar-refractivity contribution in [3.8, 4) is 28.4 Å². The van der Waals surface area contributed by atoms with Gasteiger partial charge in [-0.1, -0.05) is 63.9 Å². The topological polar surface area (TPSA) is 48.0 Å². The van der Waals surface area contributed by atoms with E-state index in [0.29, 0.717) is 44.7 Å². The van der Waals surface area contributed by atoms with E-state index in [1.165, 1.54) is 31.4 Å². The van der Waals surface area contributed by atoms with Gasteiger partial charge in [0.15, 0.2) is 0 Å². The SMILES string of the molecule is C=C1C=Cc2cc(S(=O)Oc3c(F)c(F)c(F)c(F)c3F)ccc2N1c1cc(F)c(-c2ccc(Cl)c(OC)c2)cc1OB(C)CCCC.CC. The zero-order valence-corrected chi connectivity index (χ0v) is 29.4. The van der Waals surface area contributed by atoms with Crippen LogP contribution in [0.5, 0.6) is 17.2 Å². The van der Waals surface area contributed by atoms with Crippen molar-refractivity contribution in [1.29, 1.82) is 0 Å². The number of nitrogens with zero attached hydrogens (tertiary/aromatic N) is 1. The van der Waals surface area contributed by atoms with Crippen molar-refractivity contribution < 1.29 is 44.1 Å². The quantitative estimate of drug-likeness (QED) is 0.0664. The van der Waals surface area contributed by atoms with Crippen molar-refractivity contribution in [3.05, 3.63) is 112 Å². The fourth-order valence-corrected chi connectivity index (χ4v) is 6.07. The number of rotatable bonds is 11. The molecule has 0 spiro atoms. The first-order valence-corrected chi connectivity index (χ1v) is 17.1. The molecule has 5 nitrogen and oxygen atoms in total. The Bertz CT molecular complexity index is 1950. The highest BCUT2D eigenvalue weighted by Gasteiger charge is 2.30. The summed E-state index contributed by atoms with van der Waals surface area (Å²) in [6, 6.07) is 11.8. The van der Waals surface area contributed by atoms with Crippen molar-refractivity contribution in [2.24, 2.45) is 0 Å². The van der Waals surface area contributed by atoms with Crippen LogP contribution in [0, 0.1) is 34.9 Å². The van der Waals surface area contributed by atoms with Gasteiger partial charge in [0.2, 0.25) is 45.9 Å². The molecule has 1 atom stereocenters. The Morgan fingerprint density at radius 3 is 2.16 bits per heavy atom. The Morgan fingerprint density at radius 1 is 0.860 bits per heavy atom. The molecule has 0 aliphatic carbocycles. The number of ether oxygens (including phenoxy) is 1. The number of allylic oxidation sites excluding steroid dienone is 1. The maximum absolute atomic E-state index is 16.0. The number of anilines is 2. The first-order valence-electron chi connectivity index (χ1n) is 15.6. The third kappa shape index (κ3) is 7.84. The molecule has 0 amide bonds. The molecular weight excluding hydrogens is 703 g/mol. The second-order valence-corrected chi connectivity index (χ2v) is 12.3. The number of fused-ring (bicyclic) bond motifs is 1. The summed E-state index contributed by atoms with van der Waals surface area (Å²) in [5, 5.41) is 0.355. The Hall–Kier alpha value is -4.36. The predicted octanol–water partition coefficient (Wildman–Crippen LogP) is 11.5. The van der Waals surface area contributed by atoms with Crippen LogP contribution >= 0.6 is 11.6 Å². The van der Waals surface area contributed by atoms with E-state index in [-0.39, 0.29) is 17.4 Å². The average molecular weight is 736 g/mol. The standard InChI is InChI=1S/C34H27BClF6NO4S.C2H6/c1-5-6-13-35(3)46-28-16-22(19-9-11-23(36)27(15-19)45-4)24(37)17-26(28)43-18(2)7-8-20-14-21(10-12-25(20)43)48(44)47-34-32(41)30(39)29(38)31(40)33(34)42;1-2/h7-12,14-17H,2,5-6,13H2,1,3-4H3;1-2H3. The van der Waals surface area contributed by atoms with Crippen molar-refractivity contribution in [1.82, 2.24) is 0 Å². The minimum absolute atomic E-state index is 0.155. The smallest absolute Gasteiger partial charge is 0.354 e. The lowest BCUT2D eigenvalue weighted by molar-refractivity contribution is 0.352. The third-order valence-corrected chi connectivity index (χ3v) is 8.82. The Kier molecular flexibility index (Phi) is 12.7. The van der Waals surface area contributed by atoms with Crippen LogP contribution < -0.4 is 18.5 Å². The summed E-state index contributed by atoms with van der Waals surface area (Å²) in [6.45, 7) is 11.8. The van der Waals surface area contributed by atoms with E-state index < -0.39 is 51.7 Å². The molecule has 1 unspecified atom stereocenters. The summed E-state index contributed by atoms with van der Waals surface area (Å²) in [5.41, 5.74) is 2.26. The van der Waals surface area contributed by atoms with Gasteiger partial charge in [0.05, 0.1) is 28.4 Å². The van der Waals surface area contributed by atoms with Crippen LogP contribution in [-0.4, -0.2) is 18.2 Å². The van der Waals surface area contributed by atoms with Gasteiger partial charge in [-0.2, -0.15) is 8.78 Å². The van der Waals surface area contributed by atoms with Gasteiger partial charge in [0, 0.05) is 17.3 Å². The lowest BCUT2D eigenvalue weighted by atomic mass is 9.66. The van der Waals surface area contributed by atoms with E-state index in [4.69, 9.17) is 25.2 Å². The molecule has 5 rings (SSSR count). The molecule has 0 fully saturated rings. The molecule has 4 aromatic carbocycles. The van der Waals surface area contributed by atoms with Crippen molar-refractivity contribution in [2.75, 3.05) is 12.0 Å². The summed E-state index contributed by atoms with van der Waals surface area (Å²) in [4.78, 5) is 1.46. The highest BCUT2D eigenvalue weighted by Crippen LogP contribution is 2.45. The van der Waals surface area contributed by atoms with Gasteiger partial charge in [-0.25, -0.2) is 21.8 Å². The average Bonchev–Trinajstić information content (AvgIpc) is 3.12. The van der Waals surface area contributed by atoms with E-state index in [1.807, 2.05) is 20.7 Å². The van der Waals surface area contributed by atoms with Crippen LogP contribution in [0.4, 0.5) is 37.7 Å². The van der Waals surface area contributed by atoms with Crippen LogP contribution in [0.1, 0.15) is 39.2 Å². The third-order valence-electron chi connectivity index (χ3n) is 7.55. The number of methoxy groups -OCH3 is 1. The van der Waals surface area contributed by atoms with E-state index in [9.17, 15) is 26.2 Å². The van der Waals surface area contributed by atoms with Gasteiger partial charge < -0.3 is 18.5 Å². The first kappa shape index (κ1) is 38.4. The van der Waals surface area contributed by atoms with Crippen molar-refractivity contribution in [2.45, 2.75) is 51.7 Å². The Labute approximate surface area is 294 Å². The maximum atomic E-state index is 16.0. The summed E-state index contributed by atoms with van der Waals surface area (Å²) >= 11 is 3.49. The normalized spacial score (nSPS) is 12.6. The van der Waals surface area contributed by atoms with Gasteiger partial charge in [-0.05, 0) is 66.7 Å². The molecule has 264 valence electrons. The fourth-order valence-electron chi connectivity index (χ4n) is 5.08. The molecule has 0 N–H and O–H groups in total. The molecule has 0 aromatic heterocycles. The largest absolute Gasteiger partial charge is 0.560 e. The molecule has 1 aliphatic rings. The molecule has 0 saturated carbocycles. The minimum Gasteiger partial charge on any atom is -0.560 e. The second-order valence-electron chi connectivity index (χ2n) is 10.8. The Morgan fingerprint density at radius 2 is 1.52 bits per heavy atom. The summed E-state index contributed by atoms with van der Waals surface area (Å²) in [7, 11) is 1.45. The van der Waals surface area contributed by atoms with Gasteiger partial charge in [-0.15, -0.1) is 0 Å². The zero-order chi connectivity index (χ0) is 36.9. The van der Waals surface area contributed by atoms with Gasteiger partial charge in [0.25, 0.3) is 0 Å². The molecule has 1 heterocycles. The van der Waals surface area contributed by atoms with E-state index in [1.54, 1.807) is 41.3 Å². The second kappa shape index (κ2) is 16.6. The number of halogens is 7. The van der Waals surface area contributed by atoms with Crippen LogP contribution in [-0.2, 0) is 11.1 Å². The van der Waals surface area contributed by atoms with Gasteiger partial charge in [-0.3, -0.25) is 0 Å². The summed E-state index contributed by atoms with van der Waals surface area (Å²) < 4.78 is 115. The zero-order valence-electron chi connectivity index (χ0n) is 27.8. The van der Waals surface area contributed by atoms with E-state index in [0.717, 1.165) is 19.2 Å². The molecule has 0 radical (unpaired) electrons. The lowest BCUT2D eigenvalue weighted by Gasteiger charge is -2.32. The number of unbranched alkanes of at least 4 members (excludes halogenated alkanes) is 1. The molecule has 4 aromatic rings. The molecule has 14 heteroatoms. The maximum Gasteiger partial charge on any atom is 0.354 e. The monoisotopic (exact) mass is 735 g/mol.